The van der Waals surface area contributed by atoms with Gasteiger partial charge in [0.05, 0.1) is 5.56 Å². The maximum Gasteiger partial charge on any atom is 0.416 e. The van der Waals surface area contributed by atoms with Gasteiger partial charge >= 0.3 is 6.18 Å². The molecule has 5 heteroatoms. The molecule has 0 bridgehead atoms. The molecule has 0 amide bonds. The van der Waals surface area contributed by atoms with Crippen molar-refractivity contribution in [1.82, 2.24) is 5.43 Å². The average molecular weight is 274 g/mol. The van der Waals surface area contributed by atoms with Crippen LogP contribution in [0.3, 0.4) is 0 Å². The number of nitrogens with two attached hydrogens (primary N) is 1. The number of alkyl halides is 3. The van der Waals surface area contributed by atoms with Gasteiger partial charge < -0.3 is 0 Å². The van der Waals surface area contributed by atoms with Gasteiger partial charge in [0.2, 0.25) is 0 Å². The lowest BCUT2D eigenvalue weighted by molar-refractivity contribution is -0.137. The molecule has 0 saturated heterocycles. The lowest BCUT2D eigenvalue weighted by Gasteiger charge is -2.26. The minimum absolute atomic E-state index is 0.0384. The molecule has 1 rings (SSSR count). The van der Waals surface area contributed by atoms with Gasteiger partial charge in [-0.1, -0.05) is 39.0 Å². The van der Waals surface area contributed by atoms with Gasteiger partial charge in [-0.25, -0.2) is 0 Å². The summed E-state index contributed by atoms with van der Waals surface area (Å²) in [5, 5.41) is 0. The topological polar surface area (TPSA) is 38.0 Å². The van der Waals surface area contributed by atoms with E-state index in [1.54, 1.807) is 6.07 Å². The van der Waals surface area contributed by atoms with E-state index < -0.39 is 11.7 Å². The predicted molar refractivity (Wildman–Crippen MR) is 70.3 cm³/mol. The van der Waals surface area contributed by atoms with E-state index >= 15 is 0 Å². The van der Waals surface area contributed by atoms with E-state index in [9.17, 15) is 13.2 Å². The Morgan fingerprint density at radius 2 is 1.84 bits per heavy atom. The third-order valence-corrected chi connectivity index (χ3v) is 3.61. The zero-order valence-electron chi connectivity index (χ0n) is 11.5. The van der Waals surface area contributed by atoms with Crippen molar-refractivity contribution in [3.63, 3.8) is 0 Å². The van der Waals surface area contributed by atoms with Crippen molar-refractivity contribution in [2.45, 2.75) is 39.4 Å². The molecule has 0 aliphatic carbocycles. The fraction of sp³-hybridized carbons (Fsp3) is 0.571. The average Bonchev–Trinajstić information content (AvgIpc) is 2.34. The first-order valence-corrected chi connectivity index (χ1v) is 6.38. The lowest BCUT2D eigenvalue weighted by atomic mass is 9.87. The fourth-order valence-corrected chi connectivity index (χ4v) is 1.99. The molecule has 108 valence electrons. The highest BCUT2D eigenvalue weighted by Gasteiger charge is 2.30. The third kappa shape index (κ3) is 4.51. The van der Waals surface area contributed by atoms with Gasteiger partial charge in [0.1, 0.15) is 0 Å². The number of rotatable bonds is 5. The van der Waals surface area contributed by atoms with Crippen LogP contribution < -0.4 is 11.3 Å². The van der Waals surface area contributed by atoms with Crippen LogP contribution in [0.4, 0.5) is 13.2 Å². The molecule has 0 fully saturated rings. The highest BCUT2D eigenvalue weighted by molar-refractivity contribution is 5.26. The Kier molecular flexibility index (Phi) is 5.38. The Hall–Kier alpha value is -1.07. The van der Waals surface area contributed by atoms with Crippen molar-refractivity contribution in [3.8, 4) is 0 Å². The van der Waals surface area contributed by atoms with Gasteiger partial charge in [-0.3, -0.25) is 11.3 Å². The summed E-state index contributed by atoms with van der Waals surface area (Å²) in [6.45, 7) is 6.19. The first kappa shape index (κ1) is 16.0. The Morgan fingerprint density at radius 3 is 2.32 bits per heavy atom. The summed E-state index contributed by atoms with van der Waals surface area (Å²) in [7, 11) is 0. The molecule has 0 spiro atoms. The van der Waals surface area contributed by atoms with Crippen LogP contribution in [0.2, 0.25) is 0 Å². The molecule has 0 aliphatic heterocycles. The maximum atomic E-state index is 12.6. The van der Waals surface area contributed by atoms with Crippen molar-refractivity contribution in [2.24, 2.45) is 17.7 Å². The number of hydrazine groups is 1. The molecule has 0 aromatic heterocycles. The van der Waals surface area contributed by atoms with Gasteiger partial charge in [0, 0.05) is 6.04 Å². The first-order valence-electron chi connectivity index (χ1n) is 6.38. The number of hydrogen-bond donors (Lipinski definition) is 2. The second-order valence-corrected chi connectivity index (χ2v) is 5.28. The van der Waals surface area contributed by atoms with E-state index in [4.69, 9.17) is 5.84 Å². The van der Waals surface area contributed by atoms with E-state index in [2.05, 4.69) is 19.3 Å². The van der Waals surface area contributed by atoms with Gasteiger partial charge in [0.25, 0.3) is 0 Å². The zero-order chi connectivity index (χ0) is 14.6. The summed E-state index contributed by atoms with van der Waals surface area (Å²) >= 11 is 0. The molecule has 0 saturated carbocycles. The Balaban J connectivity index is 2.86. The molecule has 1 aromatic rings. The predicted octanol–water partition coefficient (Wildman–Crippen LogP) is 3.37. The Morgan fingerprint density at radius 1 is 1.21 bits per heavy atom. The molecule has 2 nitrogen and oxygen atoms in total. The van der Waals surface area contributed by atoms with Crippen LogP contribution in [0.15, 0.2) is 24.3 Å². The van der Waals surface area contributed by atoms with Gasteiger partial charge in [0.15, 0.2) is 0 Å². The smallest absolute Gasteiger partial charge is 0.271 e. The molecule has 0 heterocycles. The normalized spacial score (nSPS) is 15.6. The quantitative estimate of drug-likeness (QED) is 0.638. The van der Waals surface area contributed by atoms with Crippen LogP contribution in [-0.4, -0.2) is 6.04 Å². The summed E-state index contributed by atoms with van der Waals surface area (Å²) in [6.07, 6.45) is -3.81. The molecular weight excluding hydrogens is 253 g/mol. The van der Waals surface area contributed by atoms with E-state index in [1.165, 1.54) is 12.1 Å². The van der Waals surface area contributed by atoms with E-state index in [0.717, 1.165) is 6.07 Å². The zero-order valence-corrected chi connectivity index (χ0v) is 11.5. The van der Waals surface area contributed by atoms with Crippen LogP contribution in [0.5, 0.6) is 0 Å². The lowest BCUT2D eigenvalue weighted by Crippen LogP contribution is -2.43. The summed E-state index contributed by atoms with van der Waals surface area (Å²) in [4.78, 5) is 0. The summed E-state index contributed by atoms with van der Waals surface area (Å²) in [6, 6.07) is 5.37. The van der Waals surface area contributed by atoms with Crippen molar-refractivity contribution < 1.29 is 13.2 Å². The van der Waals surface area contributed by atoms with E-state index in [0.29, 0.717) is 17.9 Å². The maximum absolute atomic E-state index is 12.6. The summed E-state index contributed by atoms with van der Waals surface area (Å²) in [5.74, 6) is 6.20. The van der Waals surface area contributed by atoms with Crippen LogP contribution in [0.1, 0.15) is 31.9 Å². The second kappa shape index (κ2) is 6.39. The molecule has 0 radical (unpaired) electrons. The van der Waals surface area contributed by atoms with Crippen molar-refractivity contribution >= 4 is 0 Å². The van der Waals surface area contributed by atoms with Crippen molar-refractivity contribution in [2.75, 3.05) is 0 Å². The SMILES string of the molecule is CC(C)C(C)C(Cc1cccc(C(F)(F)F)c1)NN. The molecule has 2 unspecified atom stereocenters. The minimum atomic E-state index is -4.30. The number of benzene rings is 1. The van der Waals surface area contributed by atoms with Crippen molar-refractivity contribution in [3.05, 3.63) is 35.4 Å². The number of hydrogen-bond acceptors (Lipinski definition) is 2. The number of halogens is 3. The second-order valence-electron chi connectivity index (χ2n) is 5.28. The van der Waals surface area contributed by atoms with E-state index in [-0.39, 0.29) is 12.0 Å². The van der Waals surface area contributed by atoms with Crippen LogP contribution in [-0.2, 0) is 12.6 Å². The first-order chi connectivity index (χ1) is 8.75. The third-order valence-electron chi connectivity index (χ3n) is 3.61. The molecule has 19 heavy (non-hydrogen) atoms. The Bertz CT molecular complexity index is 402. The number of nitrogens with one attached hydrogen (secondary N) is 1. The molecule has 3 N–H and O–H groups in total. The van der Waals surface area contributed by atoms with Crippen LogP contribution in [0.25, 0.3) is 0 Å². The van der Waals surface area contributed by atoms with Crippen molar-refractivity contribution in [1.29, 1.82) is 0 Å². The fourth-order valence-electron chi connectivity index (χ4n) is 1.99. The van der Waals surface area contributed by atoms with Gasteiger partial charge in [-0.05, 0) is 29.9 Å². The molecule has 1 aromatic carbocycles. The van der Waals surface area contributed by atoms with Gasteiger partial charge in [-0.15, -0.1) is 0 Å². The molecule has 0 aliphatic rings. The summed E-state index contributed by atoms with van der Waals surface area (Å²) < 4.78 is 37.9. The molecular formula is C14H21F3N2. The van der Waals surface area contributed by atoms with Crippen LogP contribution in [0, 0.1) is 11.8 Å². The van der Waals surface area contributed by atoms with Crippen LogP contribution >= 0.6 is 0 Å². The van der Waals surface area contributed by atoms with Gasteiger partial charge in [-0.2, -0.15) is 13.2 Å². The molecule has 2 atom stereocenters. The van der Waals surface area contributed by atoms with E-state index in [1.807, 2.05) is 6.92 Å². The minimum Gasteiger partial charge on any atom is -0.271 e. The standard InChI is InChI=1S/C14H21F3N2/c1-9(2)10(3)13(19-18)8-11-5-4-6-12(7-11)14(15,16)17/h4-7,9-10,13,19H,8,18H2,1-3H3. The monoisotopic (exact) mass is 274 g/mol. The highest BCUT2D eigenvalue weighted by Crippen LogP contribution is 2.30. The largest absolute Gasteiger partial charge is 0.416 e. The summed E-state index contributed by atoms with van der Waals surface area (Å²) in [5.41, 5.74) is 2.74. The highest BCUT2D eigenvalue weighted by atomic mass is 19.4. The Labute approximate surface area is 112 Å².